The van der Waals surface area contributed by atoms with Crippen LogP contribution in [0.25, 0.3) is 22.0 Å². The van der Waals surface area contributed by atoms with Gasteiger partial charge in [-0.3, -0.25) is 9.59 Å². The van der Waals surface area contributed by atoms with Gasteiger partial charge in [-0.05, 0) is 50.1 Å². The SMILES string of the molecule is CCn1c(=O)c(-c2cc(NC(=O)Nc3ccccc3)c(F)cc2Cl)cc2cnc(N3CCC[C@H]3C(N)=O)cc21. The van der Waals surface area contributed by atoms with E-state index in [1.165, 1.54) is 6.07 Å². The minimum atomic E-state index is -0.746. The first-order valence-corrected chi connectivity index (χ1v) is 12.9. The van der Waals surface area contributed by atoms with Crippen molar-refractivity contribution in [2.75, 3.05) is 22.1 Å². The average Bonchev–Trinajstić information content (AvgIpc) is 3.41. The molecule has 4 N–H and O–H groups in total. The highest BCUT2D eigenvalue weighted by Gasteiger charge is 2.30. The molecule has 9 nitrogen and oxygen atoms in total. The average molecular weight is 549 g/mol. The van der Waals surface area contributed by atoms with Crippen molar-refractivity contribution in [3.63, 3.8) is 0 Å². The highest BCUT2D eigenvalue weighted by molar-refractivity contribution is 6.33. The van der Waals surface area contributed by atoms with Crippen LogP contribution in [-0.4, -0.2) is 34.1 Å². The zero-order valence-electron chi connectivity index (χ0n) is 21.1. The molecular weight excluding hydrogens is 523 g/mol. The van der Waals surface area contributed by atoms with Crippen LogP contribution in [0, 0.1) is 5.82 Å². The van der Waals surface area contributed by atoms with Gasteiger partial charge in [-0.15, -0.1) is 0 Å². The molecule has 1 saturated heterocycles. The molecule has 1 atom stereocenters. The highest BCUT2D eigenvalue weighted by Crippen LogP contribution is 2.33. The van der Waals surface area contributed by atoms with E-state index in [4.69, 9.17) is 17.3 Å². The largest absolute Gasteiger partial charge is 0.368 e. The number of carbonyl (C=O) groups is 2. The molecule has 3 heterocycles. The smallest absolute Gasteiger partial charge is 0.323 e. The van der Waals surface area contributed by atoms with Gasteiger partial charge in [0.1, 0.15) is 17.7 Å². The van der Waals surface area contributed by atoms with E-state index >= 15 is 0 Å². The van der Waals surface area contributed by atoms with Gasteiger partial charge in [0.05, 0.1) is 16.2 Å². The summed E-state index contributed by atoms with van der Waals surface area (Å²) in [5.74, 6) is -0.594. The number of carbonyl (C=O) groups excluding carboxylic acids is 2. The molecule has 5 rings (SSSR count). The van der Waals surface area contributed by atoms with Crippen molar-refractivity contribution in [1.82, 2.24) is 9.55 Å². The Balaban J connectivity index is 1.53. The zero-order chi connectivity index (χ0) is 27.7. The third-order valence-electron chi connectivity index (χ3n) is 6.78. The maximum absolute atomic E-state index is 14.8. The number of rotatable bonds is 6. The number of nitrogens with two attached hydrogens (primary N) is 1. The number of urea groups is 1. The van der Waals surface area contributed by atoms with E-state index in [0.29, 0.717) is 41.9 Å². The summed E-state index contributed by atoms with van der Waals surface area (Å²) in [6.07, 6.45) is 3.09. The number of pyridine rings is 2. The van der Waals surface area contributed by atoms with Gasteiger partial charge < -0.3 is 25.8 Å². The number of fused-ring (bicyclic) bond motifs is 1. The van der Waals surface area contributed by atoms with E-state index in [1.807, 2.05) is 11.8 Å². The number of aryl methyl sites for hydroxylation is 1. The second-order valence-electron chi connectivity index (χ2n) is 9.22. The number of halogens is 2. The molecule has 200 valence electrons. The number of hydrogen-bond acceptors (Lipinski definition) is 5. The molecule has 3 amide bonds. The molecule has 0 aliphatic carbocycles. The fraction of sp³-hybridized carbons (Fsp3) is 0.214. The van der Waals surface area contributed by atoms with Crippen LogP contribution < -0.4 is 26.8 Å². The third-order valence-corrected chi connectivity index (χ3v) is 7.09. The topological polar surface area (TPSA) is 122 Å². The molecule has 2 aromatic carbocycles. The van der Waals surface area contributed by atoms with Gasteiger partial charge in [-0.1, -0.05) is 29.8 Å². The molecule has 0 bridgehead atoms. The first-order chi connectivity index (χ1) is 18.8. The summed E-state index contributed by atoms with van der Waals surface area (Å²) < 4.78 is 16.3. The van der Waals surface area contributed by atoms with Gasteiger partial charge in [0.15, 0.2) is 0 Å². The molecule has 11 heteroatoms. The van der Waals surface area contributed by atoms with Crippen LogP contribution >= 0.6 is 11.6 Å². The van der Waals surface area contributed by atoms with Gasteiger partial charge in [0, 0.05) is 47.6 Å². The molecule has 2 aromatic heterocycles. The number of anilines is 3. The standard InChI is InChI=1S/C28H26ClFN6O3/c1-2-35-24-14-25(36-10-6-9-23(36)26(31)37)32-15-16(24)11-19(27(35)38)18-12-22(21(30)13-20(18)29)34-28(39)33-17-7-4-3-5-8-17/h3-5,7-8,11-15,23H,2,6,9-10H2,1H3,(H2,31,37)(H2,33,34,39)/t23-/m0/s1. The lowest BCUT2D eigenvalue weighted by Crippen LogP contribution is -2.40. The Kier molecular flexibility index (Phi) is 7.21. The van der Waals surface area contributed by atoms with Gasteiger partial charge >= 0.3 is 6.03 Å². The number of para-hydroxylation sites is 1. The van der Waals surface area contributed by atoms with Gasteiger partial charge in [-0.2, -0.15) is 0 Å². The molecule has 4 aromatic rings. The minimum Gasteiger partial charge on any atom is -0.368 e. The molecule has 0 spiro atoms. The first-order valence-electron chi connectivity index (χ1n) is 12.5. The van der Waals surface area contributed by atoms with Crippen molar-refractivity contribution in [3.05, 3.63) is 82.0 Å². The van der Waals surface area contributed by atoms with Gasteiger partial charge in [-0.25, -0.2) is 14.2 Å². The lowest BCUT2D eigenvalue weighted by atomic mass is 10.0. The summed E-state index contributed by atoms with van der Waals surface area (Å²) in [5, 5.41) is 5.79. The molecule has 0 radical (unpaired) electrons. The zero-order valence-corrected chi connectivity index (χ0v) is 21.8. The predicted octanol–water partition coefficient (Wildman–Crippen LogP) is 4.97. The van der Waals surface area contributed by atoms with Crippen LogP contribution in [0.1, 0.15) is 19.8 Å². The van der Waals surface area contributed by atoms with Crippen molar-refractivity contribution in [3.8, 4) is 11.1 Å². The number of nitrogens with one attached hydrogen (secondary N) is 2. The number of amides is 3. The molecule has 0 unspecified atom stereocenters. The number of aromatic nitrogens is 2. The first kappa shape index (κ1) is 26.2. The Bertz CT molecular complexity index is 1640. The summed E-state index contributed by atoms with van der Waals surface area (Å²) in [7, 11) is 0. The summed E-state index contributed by atoms with van der Waals surface area (Å²) in [4.78, 5) is 44.4. The van der Waals surface area contributed by atoms with Crippen molar-refractivity contribution in [2.24, 2.45) is 5.73 Å². The Morgan fingerprint density at radius 2 is 1.90 bits per heavy atom. The van der Waals surface area contributed by atoms with Crippen molar-refractivity contribution in [2.45, 2.75) is 32.4 Å². The quantitative estimate of drug-likeness (QED) is 0.314. The summed E-state index contributed by atoms with van der Waals surface area (Å²) in [6.45, 7) is 2.81. The van der Waals surface area contributed by atoms with Crippen LogP contribution in [0.2, 0.25) is 5.02 Å². The maximum Gasteiger partial charge on any atom is 0.323 e. The van der Waals surface area contributed by atoms with Gasteiger partial charge in [0.2, 0.25) is 5.91 Å². The Morgan fingerprint density at radius 1 is 1.13 bits per heavy atom. The van der Waals surface area contributed by atoms with E-state index in [9.17, 15) is 18.8 Å². The van der Waals surface area contributed by atoms with E-state index in [2.05, 4.69) is 15.6 Å². The van der Waals surface area contributed by atoms with Crippen LogP contribution in [0.4, 0.5) is 26.4 Å². The number of primary amides is 1. The lowest BCUT2D eigenvalue weighted by molar-refractivity contribution is -0.119. The molecule has 1 aliphatic rings. The second kappa shape index (κ2) is 10.7. The molecule has 1 aliphatic heterocycles. The van der Waals surface area contributed by atoms with E-state index in [-0.39, 0.29) is 27.4 Å². The van der Waals surface area contributed by atoms with Crippen LogP contribution in [0.15, 0.2) is 65.6 Å². The van der Waals surface area contributed by atoms with E-state index in [1.54, 1.807) is 53.2 Å². The second-order valence-corrected chi connectivity index (χ2v) is 9.63. The fourth-order valence-corrected chi connectivity index (χ4v) is 5.17. The summed E-state index contributed by atoms with van der Waals surface area (Å²) in [5.41, 5.74) is 6.75. The summed E-state index contributed by atoms with van der Waals surface area (Å²) >= 11 is 6.40. The Morgan fingerprint density at radius 3 is 2.62 bits per heavy atom. The Labute approximate surface area is 228 Å². The molecular formula is C28H26ClFN6O3. The van der Waals surface area contributed by atoms with Gasteiger partial charge in [0.25, 0.3) is 5.56 Å². The lowest BCUT2D eigenvalue weighted by Gasteiger charge is -2.24. The predicted molar refractivity (Wildman–Crippen MR) is 151 cm³/mol. The van der Waals surface area contributed by atoms with E-state index in [0.717, 1.165) is 12.5 Å². The molecule has 0 saturated carbocycles. The van der Waals surface area contributed by atoms with Crippen LogP contribution in [0.5, 0.6) is 0 Å². The van der Waals surface area contributed by atoms with Crippen LogP contribution in [-0.2, 0) is 11.3 Å². The van der Waals surface area contributed by atoms with E-state index < -0.39 is 23.8 Å². The van der Waals surface area contributed by atoms with Crippen molar-refractivity contribution < 1.29 is 14.0 Å². The maximum atomic E-state index is 14.8. The normalized spacial score (nSPS) is 14.9. The monoisotopic (exact) mass is 548 g/mol. The molecule has 1 fully saturated rings. The van der Waals surface area contributed by atoms with Crippen molar-refractivity contribution in [1.29, 1.82) is 0 Å². The van der Waals surface area contributed by atoms with Crippen molar-refractivity contribution >= 4 is 51.6 Å². The third kappa shape index (κ3) is 5.15. The molecule has 39 heavy (non-hydrogen) atoms. The Hall–Kier alpha value is -4.44. The summed E-state index contributed by atoms with van der Waals surface area (Å²) in [6, 6.07) is 13.4. The number of hydrogen-bond donors (Lipinski definition) is 3. The number of nitrogens with zero attached hydrogens (tertiary/aromatic N) is 3. The van der Waals surface area contributed by atoms with Crippen LogP contribution in [0.3, 0.4) is 0 Å². The highest BCUT2D eigenvalue weighted by atomic mass is 35.5. The minimum absolute atomic E-state index is 0.0200. The fourth-order valence-electron chi connectivity index (χ4n) is 4.92. The number of benzene rings is 2.